The summed E-state index contributed by atoms with van der Waals surface area (Å²) in [7, 11) is 0. The lowest BCUT2D eigenvalue weighted by molar-refractivity contribution is 0.673. The maximum Gasteiger partial charge on any atom is 0.143 e. The van der Waals surface area contributed by atoms with Gasteiger partial charge in [0.05, 0.1) is 0 Å². The fourth-order valence-electron chi connectivity index (χ4n) is 4.07. The van der Waals surface area contributed by atoms with Crippen LogP contribution in [0.4, 0.5) is 0 Å². The minimum atomic E-state index is 0.698. The predicted octanol–water partition coefficient (Wildman–Crippen LogP) is 7.04. The molecule has 5 aromatic rings. The summed E-state index contributed by atoms with van der Waals surface area (Å²) in [6.45, 7) is 0. The van der Waals surface area contributed by atoms with Crippen LogP contribution in [0, 0.1) is 0 Å². The Morgan fingerprint density at radius 1 is 0.625 bits per heavy atom. The lowest BCUT2D eigenvalue weighted by Gasteiger charge is -2.03. The Bertz CT molecular complexity index is 1310. The lowest BCUT2D eigenvalue weighted by Crippen LogP contribution is -1.77. The van der Waals surface area contributed by atoms with E-state index in [1.165, 1.54) is 33.0 Å². The van der Waals surface area contributed by atoms with Gasteiger partial charge in [-0.25, -0.2) is 0 Å². The quantitative estimate of drug-likeness (QED) is 0.292. The Labute approximate surface area is 143 Å². The van der Waals surface area contributed by atoms with E-state index in [9.17, 15) is 0 Å². The smallest absolute Gasteiger partial charge is 0.143 e. The van der Waals surface area contributed by atoms with Gasteiger partial charge in [0.25, 0.3) is 0 Å². The molecule has 0 N–H and O–H groups in total. The van der Waals surface area contributed by atoms with E-state index < -0.39 is 0 Å². The maximum absolute atomic E-state index is 6.20. The summed E-state index contributed by atoms with van der Waals surface area (Å²) < 4.78 is 6.20. The van der Waals surface area contributed by atoms with Crippen molar-refractivity contribution >= 4 is 44.3 Å². The minimum absolute atomic E-state index is 0.698. The summed E-state index contributed by atoms with van der Waals surface area (Å²) in [5.74, 6) is 0. The average Bonchev–Trinajstić information content (AvgIpc) is 3.13. The van der Waals surface area contributed by atoms with Gasteiger partial charge in [-0.05, 0) is 40.5 Å². The fraction of sp³-hybridized carbons (Fsp3) is 0. The Morgan fingerprint density at radius 2 is 1.42 bits per heavy atom. The van der Waals surface area contributed by atoms with Crippen molar-refractivity contribution in [2.45, 2.75) is 0 Å². The third-order valence-electron chi connectivity index (χ3n) is 5.06. The van der Waals surface area contributed by atoms with Crippen molar-refractivity contribution in [1.29, 1.82) is 0 Å². The topological polar surface area (TPSA) is 13.1 Å². The Kier molecular flexibility index (Phi) is 2.21. The van der Waals surface area contributed by atoms with Gasteiger partial charge in [-0.1, -0.05) is 54.1 Å². The van der Waals surface area contributed by atoms with Crippen LogP contribution in [0.2, 0.25) is 5.02 Å². The second kappa shape index (κ2) is 4.19. The van der Waals surface area contributed by atoms with Crippen LogP contribution >= 0.6 is 11.6 Å². The van der Waals surface area contributed by atoms with Gasteiger partial charge < -0.3 is 4.42 Å². The largest absolute Gasteiger partial charge is 0.455 e. The predicted molar refractivity (Wildman–Crippen MR) is 101 cm³/mol. The molecule has 0 unspecified atom stereocenters. The van der Waals surface area contributed by atoms with Crippen LogP contribution in [-0.4, -0.2) is 0 Å². The lowest BCUT2D eigenvalue weighted by atomic mass is 9.99. The number of hydrogen-bond acceptors (Lipinski definition) is 1. The van der Waals surface area contributed by atoms with Crippen molar-refractivity contribution in [2.75, 3.05) is 0 Å². The van der Waals surface area contributed by atoms with E-state index in [1.54, 1.807) is 0 Å². The van der Waals surface area contributed by atoms with E-state index >= 15 is 0 Å². The molecule has 0 fully saturated rings. The molecule has 1 aliphatic rings. The molecule has 0 radical (unpaired) electrons. The highest BCUT2D eigenvalue weighted by atomic mass is 35.5. The van der Waals surface area contributed by atoms with Crippen molar-refractivity contribution in [3.05, 3.63) is 71.8 Å². The number of halogens is 1. The number of rotatable bonds is 0. The first-order chi connectivity index (χ1) is 11.8. The summed E-state index contributed by atoms with van der Waals surface area (Å²) in [5, 5.41) is 5.42. The second-order valence-corrected chi connectivity index (χ2v) is 6.75. The maximum atomic E-state index is 6.20. The number of fused-ring (bicyclic) bond motifs is 7. The Morgan fingerprint density at radius 3 is 2.29 bits per heavy atom. The molecule has 24 heavy (non-hydrogen) atoms. The van der Waals surface area contributed by atoms with Gasteiger partial charge in [0.1, 0.15) is 11.2 Å². The normalized spacial score (nSPS) is 12.4. The van der Waals surface area contributed by atoms with E-state index in [2.05, 4.69) is 48.5 Å². The zero-order valence-corrected chi connectivity index (χ0v) is 13.4. The molecule has 0 saturated carbocycles. The van der Waals surface area contributed by atoms with Crippen LogP contribution in [0.15, 0.2) is 71.1 Å². The highest BCUT2D eigenvalue weighted by Gasteiger charge is 2.24. The molecule has 6 rings (SSSR count). The molecule has 4 aromatic carbocycles. The third kappa shape index (κ3) is 1.41. The van der Waals surface area contributed by atoms with E-state index in [-0.39, 0.29) is 0 Å². The Balaban J connectivity index is 1.90. The van der Waals surface area contributed by atoms with Crippen LogP contribution < -0.4 is 0 Å². The average molecular weight is 327 g/mol. The highest BCUT2D eigenvalue weighted by Crippen LogP contribution is 2.50. The summed E-state index contributed by atoms with van der Waals surface area (Å²) in [4.78, 5) is 0. The molecule has 1 aliphatic carbocycles. The first-order valence-corrected chi connectivity index (χ1v) is 8.36. The van der Waals surface area contributed by atoms with Crippen LogP contribution in [0.25, 0.3) is 55.0 Å². The fourth-order valence-corrected chi connectivity index (χ4v) is 4.23. The number of hydrogen-bond donors (Lipinski definition) is 0. The van der Waals surface area contributed by atoms with Crippen LogP contribution in [0.1, 0.15) is 0 Å². The van der Waals surface area contributed by atoms with Gasteiger partial charge in [-0.15, -0.1) is 0 Å². The first-order valence-electron chi connectivity index (χ1n) is 7.98. The molecule has 112 valence electrons. The monoisotopic (exact) mass is 326 g/mol. The van der Waals surface area contributed by atoms with E-state index in [0.29, 0.717) is 5.02 Å². The van der Waals surface area contributed by atoms with Crippen molar-refractivity contribution in [1.82, 2.24) is 0 Å². The molecule has 2 heteroatoms. The molecule has 0 saturated heterocycles. The highest BCUT2D eigenvalue weighted by molar-refractivity contribution is 6.32. The van der Waals surface area contributed by atoms with Gasteiger partial charge in [-0.2, -0.15) is 0 Å². The number of benzene rings is 4. The van der Waals surface area contributed by atoms with E-state index in [0.717, 1.165) is 21.9 Å². The van der Waals surface area contributed by atoms with Gasteiger partial charge in [0.15, 0.2) is 0 Å². The molecule has 0 amide bonds. The van der Waals surface area contributed by atoms with E-state index in [4.69, 9.17) is 16.0 Å². The van der Waals surface area contributed by atoms with Crippen molar-refractivity contribution in [3.63, 3.8) is 0 Å². The molecule has 1 nitrogen and oxygen atoms in total. The molecular weight excluding hydrogens is 316 g/mol. The van der Waals surface area contributed by atoms with Crippen molar-refractivity contribution < 1.29 is 4.42 Å². The van der Waals surface area contributed by atoms with Gasteiger partial charge in [0.2, 0.25) is 0 Å². The first kappa shape index (κ1) is 12.6. The minimum Gasteiger partial charge on any atom is -0.455 e. The van der Waals surface area contributed by atoms with Gasteiger partial charge >= 0.3 is 0 Å². The molecular formula is C22H11ClO. The van der Waals surface area contributed by atoms with Crippen molar-refractivity contribution in [3.8, 4) is 22.3 Å². The molecule has 0 spiro atoms. The molecule has 0 atom stereocenters. The summed E-state index contributed by atoms with van der Waals surface area (Å²) in [6.07, 6.45) is 0. The van der Waals surface area contributed by atoms with Crippen LogP contribution in [-0.2, 0) is 0 Å². The molecule has 1 heterocycles. The zero-order valence-electron chi connectivity index (χ0n) is 12.6. The molecule has 1 aromatic heterocycles. The van der Waals surface area contributed by atoms with Gasteiger partial charge in [-0.3, -0.25) is 0 Å². The van der Waals surface area contributed by atoms with Crippen LogP contribution in [0.5, 0.6) is 0 Å². The molecule has 0 aliphatic heterocycles. The standard InChI is InChI=1S/C22H11ClO/c23-12-8-9-15-19-11-18-14-5-2-1-4-13(14)16-6-3-7-17(21(16)18)22(19)24-20(15)10-12/h1-11H. The zero-order chi connectivity index (χ0) is 15.8. The van der Waals surface area contributed by atoms with Gasteiger partial charge in [0, 0.05) is 32.6 Å². The second-order valence-electron chi connectivity index (χ2n) is 6.32. The number of furan rings is 1. The summed E-state index contributed by atoms with van der Waals surface area (Å²) in [6, 6.07) is 23.2. The summed E-state index contributed by atoms with van der Waals surface area (Å²) >= 11 is 6.14. The Hall–Kier alpha value is -2.77. The van der Waals surface area contributed by atoms with Crippen molar-refractivity contribution in [2.24, 2.45) is 0 Å². The SMILES string of the molecule is Clc1ccc2c(c1)oc1c3cccc4c3c(cc21)-c1ccccc1-4. The molecule has 0 bridgehead atoms. The van der Waals surface area contributed by atoms with Crippen LogP contribution in [0.3, 0.4) is 0 Å². The summed E-state index contributed by atoms with van der Waals surface area (Å²) in [5.41, 5.74) is 6.97. The third-order valence-corrected chi connectivity index (χ3v) is 5.30. The van der Waals surface area contributed by atoms with E-state index in [1.807, 2.05) is 18.2 Å².